The first-order valence-corrected chi connectivity index (χ1v) is 6.86. The molecular weight excluding hydrogens is 278 g/mol. The zero-order valence-electron chi connectivity index (χ0n) is 11.9. The molecule has 118 valence electrons. The van der Waals surface area contributed by atoms with E-state index in [0.717, 1.165) is 16.7 Å². The quantitative estimate of drug-likeness (QED) is 0.767. The smallest absolute Gasteiger partial charge is 0.323 e. The van der Waals surface area contributed by atoms with Gasteiger partial charge in [-0.3, -0.25) is 10.1 Å². The van der Waals surface area contributed by atoms with E-state index < -0.39 is 18.1 Å². The Morgan fingerprint density at radius 1 is 1.05 bits per heavy atom. The minimum Gasteiger partial charge on any atom is -0.480 e. The van der Waals surface area contributed by atoms with Gasteiger partial charge in [-0.2, -0.15) is 0 Å². The molecule has 0 aliphatic carbocycles. The van der Waals surface area contributed by atoms with Gasteiger partial charge in [-0.05, 0) is 23.6 Å². The highest BCUT2D eigenvalue weighted by atomic mass is 16.4. The first-order chi connectivity index (χ1) is 10.1. The van der Waals surface area contributed by atoms with E-state index in [1.54, 1.807) is 0 Å². The molecule has 0 heterocycles. The molecular formula is C18H23NO3. The first-order valence-electron chi connectivity index (χ1n) is 6.86. The van der Waals surface area contributed by atoms with Crippen molar-refractivity contribution in [3.63, 3.8) is 0 Å². The highest BCUT2D eigenvalue weighted by Crippen LogP contribution is 2.19. The molecule has 0 unspecified atom stereocenters. The maximum absolute atomic E-state index is 11.0. The third kappa shape index (κ3) is 4.69. The Balaban J connectivity index is 0.00000242. The second-order valence-electron chi connectivity index (χ2n) is 5.00. The molecule has 0 saturated heterocycles. The van der Waals surface area contributed by atoms with E-state index in [-0.39, 0.29) is 7.43 Å². The van der Waals surface area contributed by atoms with Crippen molar-refractivity contribution in [3.8, 4) is 11.1 Å². The minimum absolute atomic E-state index is 0. The Morgan fingerprint density at radius 3 is 2.09 bits per heavy atom. The maximum atomic E-state index is 11.0. The van der Waals surface area contributed by atoms with Gasteiger partial charge in [0.1, 0.15) is 6.04 Å². The van der Waals surface area contributed by atoms with Gasteiger partial charge in [0.15, 0.2) is 0 Å². The molecule has 0 aromatic heterocycles. The van der Waals surface area contributed by atoms with E-state index in [0.29, 0.717) is 6.54 Å². The fourth-order valence-corrected chi connectivity index (χ4v) is 2.14. The van der Waals surface area contributed by atoms with Gasteiger partial charge in [0, 0.05) is 6.54 Å². The highest BCUT2D eigenvalue weighted by Gasteiger charge is 2.21. The van der Waals surface area contributed by atoms with Crippen molar-refractivity contribution in [2.24, 2.45) is 0 Å². The lowest BCUT2D eigenvalue weighted by atomic mass is 10.0. The van der Waals surface area contributed by atoms with Gasteiger partial charge in [-0.15, -0.1) is 0 Å². The van der Waals surface area contributed by atoms with Crippen LogP contribution in [0.2, 0.25) is 0 Å². The van der Waals surface area contributed by atoms with Crippen LogP contribution in [0.1, 0.15) is 19.9 Å². The zero-order valence-corrected chi connectivity index (χ0v) is 11.9. The van der Waals surface area contributed by atoms with Crippen LogP contribution in [-0.4, -0.2) is 28.3 Å². The Bertz CT molecular complexity index is 579. The van der Waals surface area contributed by atoms with Gasteiger partial charge in [0.05, 0.1) is 6.10 Å². The SMILES string of the molecule is C.C[C@@H](O)[C@H](NCc1ccc(-c2ccccc2)cc1)C(=O)O. The summed E-state index contributed by atoms with van der Waals surface area (Å²) in [6, 6.07) is 17.0. The van der Waals surface area contributed by atoms with Crippen LogP contribution in [-0.2, 0) is 11.3 Å². The van der Waals surface area contributed by atoms with Gasteiger partial charge in [-0.25, -0.2) is 0 Å². The fraction of sp³-hybridized carbons (Fsp3) is 0.278. The van der Waals surface area contributed by atoms with E-state index in [9.17, 15) is 9.90 Å². The van der Waals surface area contributed by atoms with Gasteiger partial charge < -0.3 is 10.2 Å². The summed E-state index contributed by atoms with van der Waals surface area (Å²) in [5.74, 6) is -1.05. The summed E-state index contributed by atoms with van der Waals surface area (Å²) in [4.78, 5) is 11.0. The number of rotatable bonds is 6. The topological polar surface area (TPSA) is 69.6 Å². The van der Waals surface area contributed by atoms with Crippen LogP contribution in [0.25, 0.3) is 11.1 Å². The van der Waals surface area contributed by atoms with Crippen LogP contribution in [0, 0.1) is 0 Å². The van der Waals surface area contributed by atoms with E-state index in [2.05, 4.69) is 5.32 Å². The lowest BCUT2D eigenvalue weighted by molar-refractivity contribution is -0.142. The number of nitrogens with one attached hydrogen (secondary N) is 1. The molecule has 22 heavy (non-hydrogen) atoms. The summed E-state index contributed by atoms with van der Waals surface area (Å²) in [6.45, 7) is 1.86. The molecule has 0 amide bonds. The molecule has 0 spiro atoms. The average Bonchev–Trinajstić information content (AvgIpc) is 2.48. The predicted octanol–water partition coefficient (Wildman–Crippen LogP) is 2.91. The third-order valence-electron chi connectivity index (χ3n) is 3.34. The second-order valence-corrected chi connectivity index (χ2v) is 5.00. The molecule has 4 heteroatoms. The van der Waals surface area contributed by atoms with Gasteiger partial charge >= 0.3 is 5.97 Å². The van der Waals surface area contributed by atoms with Crippen molar-refractivity contribution in [3.05, 3.63) is 60.2 Å². The molecule has 2 aromatic carbocycles. The summed E-state index contributed by atoms with van der Waals surface area (Å²) in [5.41, 5.74) is 3.23. The summed E-state index contributed by atoms with van der Waals surface area (Å²) in [7, 11) is 0. The Hall–Kier alpha value is -2.17. The minimum atomic E-state index is -1.05. The molecule has 0 saturated carbocycles. The Kier molecular flexibility index (Phi) is 6.76. The Labute approximate surface area is 131 Å². The molecule has 0 aliphatic heterocycles. The number of carboxylic acids is 1. The van der Waals surface area contributed by atoms with Crippen molar-refractivity contribution in [2.45, 2.75) is 33.0 Å². The van der Waals surface area contributed by atoms with Crippen molar-refractivity contribution in [1.82, 2.24) is 5.32 Å². The van der Waals surface area contributed by atoms with Crippen LogP contribution in [0.3, 0.4) is 0 Å². The van der Waals surface area contributed by atoms with Crippen molar-refractivity contribution < 1.29 is 15.0 Å². The standard InChI is InChI=1S/C17H19NO3.CH4/c1-12(19)16(17(20)21)18-11-13-7-9-15(10-8-13)14-5-3-2-4-6-14;/h2-10,12,16,18-19H,11H2,1H3,(H,20,21);1H4/t12-,16+;/m1./s1. The number of carboxylic acid groups (broad SMARTS) is 1. The van der Waals surface area contributed by atoms with Crippen LogP contribution < -0.4 is 5.32 Å². The van der Waals surface area contributed by atoms with Crippen molar-refractivity contribution in [1.29, 1.82) is 0 Å². The molecule has 0 aliphatic rings. The molecule has 4 nitrogen and oxygen atoms in total. The number of benzene rings is 2. The Morgan fingerprint density at radius 2 is 1.59 bits per heavy atom. The van der Waals surface area contributed by atoms with E-state index >= 15 is 0 Å². The van der Waals surface area contributed by atoms with Gasteiger partial charge in [0.2, 0.25) is 0 Å². The van der Waals surface area contributed by atoms with E-state index in [1.807, 2.05) is 54.6 Å². The van der Waals surface area contributed by atoms with Crippen LogP contribution in [0.5, 0.6) is 0 Å². The number of aliphatic carboxylic acids is 1. The number of aliphatic hydroxyl groups is 1. The van der Waals surface area contributed by atoms with Gasteiger partial charge in [-0.1, -0.05) is 62.0 Å². The second kappa shape index (κ2) is 8.32. The lowest BCUT2D eigenvalue weighted by Crippen LogP contribution is -2.44. The summed E-state index contributed by atoms with van der Waals surface area (Å²) in [6.07, 6.45) is -0.939. The summed E-state index contributed by atoms with van der Waals surface area (Å²) >= 11 is 0. The van der Waals surface area contributed by atoms with Crippen LogP contribution >= 0.6 is 0 Å². The zero-order chi connectivity index (χ0) is 15.2. The monoisotopic (exact) mass is 301 g/mol. The summed E-state index contributed by atoms with van der Waals surface area (Å²) < 4.78 is 0. The van der Waals surface area contributed by atoms with Crippen LogP contribution in [0.15, 0.2) is 54.6 Å². The fourth-order valence-electron chi connectivity index (χ4n) is 2.14. The first kappa shape index (κ1) is 17.9. The van der Waals surface area contributed by atoms with Crippen molar-refractivity contribution >= 4 is 5.97 Å². The molecule has 3 N–H and O–H groups in total. The van der Waals surface area contributed by atoms with E-state index in [1.165, 1.54) is 6.92 Å². The lowest BCUT2D eigenvalue weighted by Gasteiger charge is -2.17. The number of aliphatic hydroxyl groups excluding tert-OH is 1. The molecule has 2 aromatic rings. The van der Waals surface area contributed by atoms with Crippen molar-refractivity contribution in [2.75, 3.05) is 0 Å². The van der Waals surface area contributed by atoms with Gasteiger partial charge in [0.25, 0.3) is 0 Å². The molecule has 0 fully saturated rings. The largest absolute Gasteiger partial charge is 0.480 e. The molecule has 2 atom stereocenters. The molecule has 0 radical (unpaired) electrons. The number of hydrogen-bond donors (Lipinski definition) is 3. The highest BCUT2D eigenvalue weighted by molar-refractivity contribution is 5.74. The molecule has 0 bridgehead atoms. The number of hydrogen-bond acceptors (Lipinski definition) is 3. The predicted molar refractivity (Wildman–Crippen MR) is 88.6 cm³/mol. The normalized spacial score (nSPS) is 13.0. The third-order valence-corrected chi connectivity index (χ3v) is 3.34. The molecule has 2 rings (SSSR count). The maximum Gasteiger partial charge on any atom is 0.323 e. The van der Waals surface area contributed by atoms with E-state index in [4.69, 9.17) is 5.11 Å². The summed E-state index contributed by atoms with van der Waals surface area (Å²) in [5, 5.41) is 21.2. The number of carbonyl (C=O) groups is 1. The van der Waals surface area contributed by atoms with Crippen LogP contribution in [0.4, 0.5) is 0 Å². The average molecular weight is 301 g/mol.